The van der Waals surface area contributed by atoms with Gasteiger partial charge >= 0.3 is 0 Å². The molecule has 0 nitrogen and oxygen atoms in total. The minimum Gasteiger partial charge on any atom is -0.0839 e. The number of halogens is 1. The van der Waals surface area contributed by atoms with Gasteiger partial charge < -0.3 is 0 Å². The molecule has 1 heteroatoms. The first-order chi connectivity index (χ1) is 7.62. The van der Waals surface area contributed by atoms with Crippen molar-refractivity contribution in [3.05, 3.63) is 50.6 Å². The molecule has 0 amide bonds. The number of fused-ring (bicyclic) bond motifs is 2. The van der Waals surface area contributed by atoms with Crippen LogP contribution in [0.1, 0.15) is 37.8 Å². The van der Waals surface area contributed by atoms with Crippen LogP contribution in [0.15, 0.2) is 35.9 Å². The summed E-state index contributed by atoms with van der Waals surface area (Å²) in [5.41, 5.74) is 6.35. The SMILES string of the molecule is CC1(C)C2=C(CCC=C2)c2cccc(I)c21. The van der Waals surface area contributed by atoms with Crippen LogP contribution in [-0.4, -0.2) is 0 Å². The Kier molecular flexibility index (Phi) is 2.29. The third-order valence-electron chi connectivity index (χ3n) is 3.81. The lowest BCUT2D eigenvalue weighted by molar-refractivity contribution is 0.647. The number of allylic oxidation sites excluding steroid dienone is 4. The van der Waals surface area contributed by atoms with Crippen LogP contribution in [0.3, 0.4) is 0 Å². The molecule has 0 heterocycles. The van der Waals surface area contributed by atoms with Gasteiger partial charge in [0.1, 0.15) is 0 Å². The van der Waals surface area contributed by atoms with Crippen LogP contribution in [0.25, 0.3) is 5.57 Å². The van der Waals surface area contributed by atoms with Crippen molar-refractivity contribution < 1.29 is 0 Å². The molecule has 0 bridgehead atoms. The Morgan fingerprint density at radius 1 is 1.25 bits per heavy atom. The van der Waals surface area contributed by atoms with E-state index in [1.165, 1.54) is 33.1 Å². The molecule has 0 radical (unpaired) electrons. The second kappa shape index (κ2) is 3.46. The van der Waals surface area contributed by atoms with Gasteiger partial charge in [-0.15, -0.1) is 0 Å². The molecule has 2 aliphatic rings. The van der Waals surface area contributed by atoms with E-state index in [0.29, 0.717) is 0 Å². The molecule has 0 fully saturated rings. The molecule has 0 N–H and O–H groups in total. The first-order valence-electron chi connectivity index (χ1n) is 5.82. The maximum absolute atomic E-state index is 2.47. The highest BCUT2D eigenvalue weighted by atomic mass is 127. The smallest absolute Gasteiger partial charge is 0.0177 e. The van der Waals surface area contributed by atoms with E-state index in [9.17, 15) is 0 Å². The third-order valence-corrected chi connectivity index (χ3v) is 4.71. The lowest BCUT2D eigenvalue weighted by Crippen LogP contribution is -2.18. The van der Waals surface area contributed by atoms with E-state index < -0.39 is 0 Å². The predicted molar refractivity (Wildman–Crippen MR) is 77.5 cm³/mol. The highest BCUT2D eigenvalue weighted by Crippen LogP contribution is 2.51. The van der Waals surface area contributed by atoms with E-state index in [4.69, 9.17) is 0 Å². The summed E-state index contributed by atoms with van der Waals surface area (Å²) in [5.74, 6) is 0. The van der Waals surface area contributed by atoms with Crippen molar-refractivity contribution in [1.29, 1.82) is 0 Å². The van der Waals surface area contributed by atoms with Gasteiger partial charge in [0.05, 0.1) is 0 Å². The molecule has 0 spiro atoms. The van der Waals surface area contributed by atoms with Gasteiger partial charge in [-0.3, -0.25) is 0 Å². The fourth-order valence-corrected chi connectivity index (χ4v) is 4.25. The van der Waals surface area contributed by atoms with E-state index in [1.807, 2.05) is 0 Å². The molecular formula is C15H15I. The molecular weight excluding hydrogens is 307 g/mol. The van der Waals surface area contributed by atoms with Crippen molar-refractivity contribution >= 4 is 28.2 Å². The fourth-order valence-electron chi connectivity index (χ4n) is 3.07. The van der Waals surface area contributed by atoms with Crippen molar-refractivity contribution in [1.82, 2.24) is 0 Å². The summed E-state index contributed by atoms with van der Waals surface area (Å²) in [7, 11) is 0. The molecule has 16 heavy (non-hydrogen) atoms. The van der Waals surface area contributed by atoms with Crippen LogP contribution in [0, 0.1) is 3.57 Å². The molecule has 3 rings (SSSR count). The summed E-state index contributed by atoms with van der Waals surface area (Å²) in [6.07, 6.45) is 7.07. The van der Waals surface area contributed by atoms with E-state index in [1.54, 1.807) is 5.57 Å². The number of hydrogen-bond donors (Lipinski definition) is 0. The normalized spacial score (nSPS) is 20.9. The quantitative estimate of drug-likeness (QED) is 0.608. The van der Waals surface area contributed by atoms with E-state index >= 15 is 0 Å². The third kappa shape index (κ3) is 1.27. The zero-order valence-corrected chi connectivity index (χ0v) is 11.8. The molecule has 0 saturated carbocycles. The van der Waals surface area contributed by atoms with Crippen molar-refractivity contribution in [2.24, 2.45) is 0 Å². The average molecular weight is 322 g/mol. The second-order valence-electron chi connectivity index (χ2n) is 5.12. The predicted octanol–water partition coefficient (Wildman–Crippen LogP) is 4.69. The summed E-state index contributed by atoms with van der Waals surface area (Å²) in [4.78, 5) is 0. The minimum atomic E-state index is 0.194. The molecule has 0 atom stereocenters. The highest BCUT2D eigenvalue weighted by molar-refractivity contribution is 14.1. The summed E-state index contributed by atoms with van der Waals surface area (Å²) in [6, 6.07) is 6.70. The van der Waals surface area contributed by atoms with Crippen LogP contribution in [0.4, 0.5) is 0 Å². The van der Waals surface area contributed by atoms with E-state index in [-0.39, 0.29) is 5.41 Å². The average Bonchev–Trinajstić information content (AvgIpc) is 2.50. The Hall–Kier alpha value is -0.570. The first kappa shape index (κ1) is 10.6. The Morgan fingerprint density at radius 2 is 2.06 bits per heavy atom. The van der Waals surface area contributed by atoms with Crippen LogP contribution in [0.2, 0.25) is 0 Å². The van der Waals surface area contributed by atoms with Gasteiger partial charge in [-0.2, -0.15) is 0 Å². The van der Waals surface area contributed by atoms with Crippen LogP contribution >= 0.6 is 22.6 Å². The molecule has 0 aliphatic heterocycles. The van der Waals surface area contributed by atoms with Gasteiger partial charge in [0.25, 0.3) is 0 Å². The Labute approximate surface area is 111 Å². The monoisotopic (exact) mass is 322 g/mol. The Morgan fingerprint density at radius 3 is 2.88 bits per heavy atom. The van der Waals surface area contributed by atoms with Gasteiger partial charge in [0.2, 0.25) is 0 Å². The molecule has 0 saturated heterocycles. The van der Waals surface area contributed by atoms with Crippen molar-refractivity contribution in [3.8, 4) is 0 Å². The van der Waals surface area contributed by atoms with Crippen LogP contribution in [0.5, 0.6) is 0 Å². The summed E-state index contributed by atoms with van der Waals surface area (Å²) in [5, 5.41) is 0. The van der Waals surface area contributed by atoms with E-state index in [0.717, 1.165) is 0 Å². The summed E-state index contributed by atoms with van der Waals surface area (Å²) >= 11 is 2.47. The highest BCUT2D eigenvalue weighted by Gasteiger charge is 2.38. The summed E-state index contributed by atoms with van der Waals surface area (Å²) < 4.78 is 1.41. The number of benzene rings is 1. The Bertz CT molecular complexity index is 518. The number of rotatable bonds is 0. The van der Waals surface area contributed by atoms with Gasteiger partial charge in [-0.05, 0) is 63.8 Å². The summed E-state index contributed by atoms with van der Waals surface area (Å²) in [6.45, 7) is 4.71. The molecule has 1 aromatic carbocycles. The van der Waals surface area contributed by atoms with Gasteiger partial charge in [-0.25, -0.2) is 0 Å². The zero-order chi connectivity index (χ0) is 11.3. The van der Waals surface area contributed by atoms with E-state index in [2.05, 4.69) is 66.8 Å². The lowest BCUT2D eigenvalue weighted by Gasteiger charge is -2.24. The van der Waals surface area contributed by atoms with Crippen molar-refractivity contribution in [3.63, 3.8) is 0 Å². The standard InChI is InChI=1S/C15H15I/c1-15(2)12-8-4-3-6-10(12)11-7-5-9-13(16)14(11)15/h4-5,7-9H,3,6H2,1-2H3. The van der Waals surface area contributed by atoms with Crippen LogP contribution in [-0.2, 0) is 5.41 Å². The molecule has 82 valence electrons. The van der Waals surface area contributed by atoms with Crippen LogP contribution < -0.4 is 0 Å². The van der Waals surface area contributed by atoms with Gasteiger partial charge in [0.15, 0.2) is 0 Å². The topological polar surface area (TPSA) is 0 Å². The second-order valence-corrected chi connectivity index (χ2v) is 6.28. The maximum atomic E-state index is 2.47. The molecule has 0 unspecified atom stereocenters. The van der Waals surface area contributed by atoms with Crippen molar-refractivity contribution in [2.45, 2.75) is 32.1 Å². The largest absolute Gasteiger partial charge is 0.0839 e. The Balaban J connectivity index is 2.33. The molecule has 2 aliphatic carbocycles. The maximum Gasteiger partial charge on any atom is 0.0177 e. The van der Waals surface area contributed by atoms with Crippen molar-refractivity contribution in [2.75, 3.05) is 0 Å². The fraction of sp³-hybridized carbons (Fsp3) is 0.333. The lowest BCUT2D eigenvalue weighted by atomic mass is 9.80. The molecule has 1 aromatic rings. The number of hydrogen-bond acceptors (Lipinski definition) is 0. The van der Waals surface area contributed by atoms with Gasteiger partial charge in [-0.1, -0.05) is 38.1 Å². The first-order valence-corrected chi connectivity index (χ1v) is 6.90. The van der Waals surface area contributed by atoms with Gasteiger partial charge in [0, 0.05) is 8.99 Å². The zero-order valence-electron chi connectivity index (χ0n) is 9.68. The minimum absolute atomic E-state index is 0.194. The molecule has 0 aromatic heterocycles.